The molecule has 0 radical (unpaired) electrons. The molecule has 8 nitrogen and oxygen atoms in total. The van der Waals surface area contributed by atoms with Crippen molar-refractivity contribution in [2.75, 3.05) is 18.0 Å². The molecule has 0 unspecified atom stereocenters. The average molecular weight is 389 g/mol. The Morgan fingerprint density at radius 3 is 2.66 bits per heavy atom. The Balaban J connectivity index is 1.39. The van der Waals surface area contributed by atoms with Crippen LogP contribution in [0, 0.1) is 0 Å². The number of hydrogen-bond acceptors (Lipinski definition) is 6. The molecule has 0 aliphatic carbocycles. The third-order valence-electron chi connectivity index (χ3n) is 5.50. The van der Waals surface area contributed by atoms with E-state index < -0.39 is 11.6 Å². The first-order valence-electron chi connectivity index (χ1n) is 9.45. The summed E-state index contributed by atoms with van der Waals surface area (Å²) in [5.41, 5.74) is 0.0854. The van der Waals surface area contributed by atoms with E-state index in [2.05, 4.69) is 19.9 Å². The molecule has 0 atom stereocenters. The second-order valence-corrected chi connectivity index (χ2v) is 7.20. The van der Waals surface area contributed by atoms with Crippen molar-refractivity contribution < 1.29 is 14.6 Å². The summed E-state index contributed by atoms with van der Waals surface area (Å²) in [4.78, 5) is 29.9. The maximum atomic E-state index is 12.2. The van der Waals surface area contributed by atoms with Crippen molar-refractivity contribution in [3.8, 4) is 5.75 Å². The maximum absolute atomic E-state index is 12.2. The number of carbonyl (C=O) groups is 1. The summed E-state index contributed by atoms with van der Waals surface area (Å²) < 4.78 is 6.09. The maximum Gasteiger partial charge on any atom is 0.348 e. The number of nitrogens with zero attached hydrogens (tertiary/aromatic N) is 4. The molecule has 1 saturated heterocycles. The number of fused-ring (bicyclic) bond motifs is 2. The van der Waals surface area contributed by atoms with Crippen molar-refractivity contribution in [1.29, 1.82) is 0 Å². The van der Waals surface area contributed by atoms with E-state index in [0.717, 1.165) is 22.1 Å². The lowest BCUT2D eigenvalue weighted by Crippen LogP contribution is -2.53. The van der Waals surface area contributed by atoms with Crippen molar-refractivity contribution in [3.05, 3.63) is 55.1 Å². The molecule has 0 spiro atoms. The highest BCUT2D eigenvalue weighted by Gasteiger charge is 2.44. The molecule has 3 heterocycles. The number of hydrogen-bond donors (Lipinski definition) is 2. The highest BCUT2D eigenvalue weighted by molar-refractivity contribution is 5.85. The molecule has 0 amide bonds. The van der Waals surface area contributed by atoms with Gasteiger partial charge in [0.15, 0.2) is 11.5 Å². The zero-order valence-corrected chi connectivity index (χ0v) is 15.6. The molecule has 2 aromatic heterocycles. The quantitative estimate of drug-likeness (QED) is 0.553. The third kappa shape index (κ3) is 3.02. The van der Waals surface area contributed by atoms with Crippen LogP contribution in [0.5, 0.6) is 5.75 Å². The van der Waals surface area contributed by atoms with Gasteiger partial charge in [0, 0.05) is 25.9 Å². The molecule has 4 aromatic rings. The fourth-order valence-electron chi connectivity index (χ4n) is 3.89. The molecule has 2 aromatic carbocycles. The molecule has 1 fully saturated rings. The van der Waals surface area contributed by atoms with Crippen molar-refractivity contribution >= 4 is 33.7 Å². The molecule has 8 heteroatoms. The summed E-state index contributed by atoms with van der Waals surface area (Å²) in [7, 11) is 0. The van der Waals surface area contributed by atoms with E-state index in [4.69, 9.17) is 4.74 Å². The minimum atomic E-state index is -1.26. The molecule has 146 valence electrons. The number of anilines is 1. The van der Waals surface area contributed by atoms with Crippen LogP contribution in [0.4, 0.5) is 5.82 Å². The Labute approximate surface area is 166 Å². The number of ether oxygens (including phenoxy) is 1. The number of carboxylic acid groups (broad SMARTS) is 1. The Hall–Kier alpha value is -3.68. The van der Waals surface area contributed by atoms with Crippen LogP contribution in [-0.4, -0.2) is 49.7 Å². The first-order valence-corrected chi connectivity index (χ1v) is 9.45. The number of aromatic nitrogens is 4. The summed E-state index contributed by atoms with van der Waals surface area (Å²) in [6, 6.07) is 13.6. The zero-order chi connectivity index (χ0) is 19.8. The Morgan fingerprint density at radius 1 is 1.07 bits per heavy atom. The number of piperidine rings is 1. The lowest BCUT2D eigenvalue weighted by Gasteiger charge is -2.39. The Morgan fingerprint density at radius 2 is 1.86 bits per heavy atom. The number of imidazole rings is 1. The van der Waals surface area contributed by atoms with E-state index in [1.165, 1.54) is 6.33 Å². The first-order chi connectivity index (χ1) is 14.1. The first kappa shape index (κ1) is 17.4. The van der Waals surface area contributed by atoms with E-state index in [1.54, 1.807) is 6.33 Å². The van der Waals surface area contributed by atoms with Crippen LogP contribution < -0.4 is 9.64 Å². The number of aliphatic carboxylic acids is 1. The highest BCUT2D eigenvalue weighted by Crippen LogP contribution is 2.33. The summed E-state index contributed by atoms with van der Waals surface area (Å²) in [5.74, 6) is 0.356. The predicted octanol–water partition coefficient (Wildman–Crippen LogP) is 3.01. The normalized spacial score (nSPS) is 16.2. The Bertz CT molecular complexity index is 1200. The van der Waals surface area contributed by atoms with Gasteiger partial charge in [-0.3, -0.25) is 0 Å². The molecule has 1 aliphatic rings. The van der Waals surface area contributed by atoms with Crippen LogP contribution in [-0.2, 0) is 4.79 Å². The van der Waals surface area contributed by atoms with Gasteiger partial charge in [0.05, 0.1) is 6.33 Å². The van der Waals surface area contributed by atoms with Gasteiger partial charge in [-0.05, 0) is 22.9 Å². The van der Waals surface area contributed by atoms with Crippen molar-refractivity contribution in [1.82, 2.24) is 19.9 Å². The van der Waals surface area contributed by atoms with E-state index in [0.29, 0.717) is 37.3 Å². The van der Waals surface area contributed by atoms with Crippen LogP contribution in [0.2, 0.25) is 0 Å². The standard InChI is InChI=1S/C21H19N5O3/c27-20(28)21(29-16-6-5-14-3-1-2-4-15(14)11-16)7-9-26(10-8-21)19-17-18(23-12-22-17)24-13-25-19/h1-6,11-13H,7-10H2,(H,27,28)(H,22,23,24,25). The third-order valence-corrected chi connectivity index (χ3v) is 5.50. The van der Waals surface area contributed by atoms with Gasteiger partial charge in [-0.25, -0.2) is 19.7 Å². The lowest BCUT2D eigenvalue weighted by molar-refractivity contribution is -0.157. The highest BCUT2D eigenvalue weighted by atomic mass is 16.5. The summed E-state index contributed by atoms with van der Waals surface area (Å²) >= 11 is 0. The zero-order valence-electron chi connectivity index (χ0n) is 15.6. The van der Waals surface area contributed by atoms with Crippen LogP contribution in [0.1, 0.15) is 12.8 Å². The van der Waals surface area contributed by atoms with Gasteiger partial charge >= 0.3 is 5.97 Å². The van der Waals surface area contributed by atoms with Crippen LogP contribution in [0.25, 0.3) is 21.9 Å². The second kappa shape index (κ2) is 6.73. The SMILES string of the molecule is O=C(O)C1(Oc2ccc3ccccc3c2)CCN(c2ncnc3nc[nH]c23)CC1. The largest absolute Gasteiger partial charge is 0.478 e. The molecule has 0 saturated carbocycles. The number of H-pyrrole nitrogens is 1. The predicted molar refractivity (Wildman–Crippen MR) is 108 cm³/mol. The molecule has 1 aliphatic heterocycles. The van der Waals surface area contributed by atoms with Crippen molar-refractivity contribution in [3.63, 3.8) is 0 Å². The lowest BCUT2D eigenvalue weighted by atomic mass is 9.91. The Kier molecular flexibility index (Phi) is 4.04. The molecule has 5 rings (SSSR count). The fraction of sp³-hybridized carbons (Fsp3) is 0.238. The monoisotopic (exact) mass is 389 g/mol. The van der Waals surface area contributed by atoms with E-state index in [1.807, 2.05) is 47.4 Å². The van der Waals surface area contributed by atoms with E-state index in [9.17, 15) is 9.90 Å². The van der Waals surface area contributed by atoms with Gasteiger partial charge in [-0.1, -0.05) is 30.3 Å². The minimum absolute atomic E-state index is 0.342. The van der Waals surface area contributed by atoms with Gasteiger partial charge in [-0.15, -0.1) is 0 Å². The van der Waals surface area contributed by atoms with Gasteiger partial charge in [0.1, 0.15) is 17.6 Å². The second-order valence-electron chi connectivity index (χ2n) is 7.20. The number of carboxylic acids is 1. The van der Waals surface area contributed by atoms with Crippen molar-refractivity contribution in [2.24, 2.45) is 0 Å². The average Bonchev–Trinajstić information content (AvgIpc) is 3.23. The van der Waals surface area contributed by atoms with Gasteiger partial charge in [-0.2, -0.15) is 0 Å². The topological polar surface area (TPSA) is 104 Å². The van der Waals surface area contributed by atoms with Crippen LogP contribution in [0.15, 0.2) is 55.1 Å². The summed E-state index contributed by atoms with van der Waals surface area (Å²) in [5, 5.41) is 12.1. The van der Waals surface area contributed by atoms with Gasteiger partial charge in [0.2, 0.25) is 5.60 Å². The molecular formula is C21H19N5O3. The van der Waals surface area contributed by atoms with Crippen LogP contribution in [0.3, 0.4) is 0 Å². The molecule has 0 bridgehead atoms. The smallest absolute Gasteiger partial charge is 0.348 e. The fourth-order valence-corrected chi connectivity index (χ4v) is 3.89. The van der Waals surface area contributed by atoms with Crippen molar-refractivity contribution in [2.45, 2.75) is 18.4 Å². The molecule has 2 N–H and O–H groups in total. The molecular weight excluding hydrogens is 370 g/mol. The van der Waals surface area contributed by atoms with E-state index in [-0.39, 0.29) is 0 Å². The number of benzene rings is 2. The van der Waals surface area contributed by atoms with Crippen LogP contribution >= 0.6 is 0 Å². The van der Waals surface area contributed by atoms with Gasteiger partial charge in [0.25, 0.3) is 0 Å². The minimum Gasteiger partial charge on any atom is -0.478 e. The number of nitrogens with one attached hydrogen (secondary N) is 1. The van der Waals surface area contributed by atoms with E-state index >= 15 is 0 Å². The summed E-state index contributed by atoms with van der Waals surface area (Å²) in [6.07, 6.45) is 3.74. The molecule has 29 heavy (non-hydrogen) atoms. The number of rotatable bonds is 4. The van der Waals surface area contributed by atoms with Gasteiger partial charge < -0.3 is 19.7 Å². The summed E-state index contributed by atoms with van der Waals surface area (Å²) in [6.45, 7) is 1.01. The number of aromatic amines is 1.